The monoisotopic (exact) mass is 225 g/mol. The minimum atomic E-state index is 0.329. The van der Waals surface area contributed by atoms with Gasteiger partial charge in [0.15, 0.2) is 0 Å². The van der Waals surface area contributed by atoms with E-state index >= 15 is 0 Å². The average Bonchev–Trinajstić information content (AvgIpc) is 2.84. The maximum Gasteiger partial charge on any atom is 0.123 e. The highest BCUT2D eigenvalue weighted by molar-refractivity contribution is 7.11. The van der Waals surface area contributed by atoms with E-state index in [1.807, 2.05) is 7.05 Å². The van der Waals surface area contributed by atoms with Gasteiger partial charge in [0.1, 0.15) is 10.0 Å². The summed E-state index contributed by atoms with van der Waals surface area (Å²) in [4.78, 5) is 0. The molecule has 4 heteroatoms. The lowest BCUT2D eigenvalue weighted by Gasteiger charge is -2.18. The van der Waals surface area contributed by atoms with E-state index in [0.717, 1.165) is 13.0 Å². The molecular weight excluding hydrogens is 206 g/mol. The number of hydrogen-bond donors (Lipinski definition) is 1. The Kier molecular flexibility index (Phi) is 3.36. The van der Waals surface area contributed by atoms with E-state index in [0.29, 0.717) is 5.41 Å². The fourth-order valence-corrected chi connectivity index (χ4v) is 3.24. The average molecular weight is 225 g/mol. The molecule has 0 saturated heterocycles. The van der Waals surface area contributed by atoms with E-state index in [-0.39, 0.29) is 0 Å². The Morgan fingerprint density at radius 3 is 2.73 bits per heavy atom. The van der Waals surface area contributed by atoms with Crippen LogP contribution in [0.2, 0.25) is 0 Å². The summed E-state index contributed by atoms with van der Waals surface area (Å²) in [5.41, 5.74) is 0.329. The summed E-state index contributed by atoms with van der Waals surface area (Å²) in [6.07, 6.45) is 6.27. The highest BCUT2D eigenvalue weighted by Crippen LogP contribution is 2.41. The zero-order chi connectivity index (χ0) is 10.7. The van der Waals surface area contributed by atoms with Crippen LogP contribution in [0.25, 0.3) is 0 Å². The van der Waals surface area contributed by atoms with Gasteiger partial charge in [0, 0.05) is 18.4 Å². The third-order valence-corrected chi connectivity index (χ3v) is 4.57. The van der Waals surface area contributed by atoms with Crippen molar-refractivity contribution < 1.29 is 0 Å². The lowest BCUT2D eigenvalue weighted by molar-refractivity contribution is 0.484. The number of nitrogens with zero attached hydrogens (tertiary/aromatic N) is 2. The molecule has 1 saturated carbocycles. The molecule has 15 heavy (non-hydrogen) atoms. The van der Waals surface area contributed by atoms with E-state index in [2.05, 4.69) is 22.4 Å². The molecule has 0 aromatic carbocycles. The van der Waals surface area contributed by atoms with Gasteiger partial charge in [-0.3, -0.25) is 0 Å². The van der Waals surface area contributed by atoms with Crippen LogP contribution in [0.1, 0.15) is 42.6 Å². The lowest BCUT2D eigenvalue weighted by atomic mass is 9.90. The van der Waals surface area contributed by atoms with Crippen LogP contribution in [0.5, 0.6) is 0 Å². The Bertz CT molecular complexity index is 315. The second-order valence-corrected chi connectivity index (χ2v) is 5.68. The van der Waals surface area contributed by atoms with Gasteiger partial charge in [0.2, 0.25) is 0 Å². The standard InChI is InChI=1S/C11H19N3S/c1-11(6-3-4-7-11)10-14-13-9(15-10)5-8-12-2/h12H,3-8H2,1-2H3. The SMILES string of the molecule is CNCCc1nnc(C2(C)CCCC2)s1. The Morgan fingerprint density at radius 2 is 2.07 bits per heavy atom. The fourth-order valence-electron chi connectivity index (χ4n) is 2.20. The van der Waals surface area contributed by atoms with E-state index < -0.39 is 0 Å². The molecular formula is C11H19N3S. The summed E-state index contributed by atoms with van der Waals surface area (Å²) in [5.74, 6) is 0. The highest BCUT2D eigenvalue weighted by atomic mass is 32.1. The summed E-state index contributed by atoms with van der Waals surface area (Å²) in [6, 6.07) is 0. The molecule has 2 rings (SSSR count). The Morgan fingerprint density at radius 1 is 1.33 bits per heavy atom. The zero-order valence-corrected chi connectivity index (χ0v) is 10.4. The summed E-state index contributed by atoms with van der Waals surface area (Å²) in [5, 5.41) is 14.2. The minimum Gasteiger partial charge on any atom is -0.319 e. The van der Waals surface area contributed by atoms with Gasteiger partial charge in [-0.1, -0.05) is 19.8 Å². The van der Waals surface area contributed by atoms with Crippen LogP contribution in [-0.2, 0) is 11.8 Å². The van der Waals surface area contributed by atoms with E-state index in [9.17, 15) is 0 Å². The van der Waals surface area contributed by atoms with Crippen molar-refractivity contribution >= 4 is 11.3 Å². The van der Waals surface area contributed by atoms with Gasteiger partial charge in [-0.2, -0.15) is 0 Å². The van der Waals surface area contributed by atoms with Gasteiger partial charge in [0.25, 0.3) is 0 Å². The normalized spacial score (nSPS) is 19.6. The van der Waals surface area contributed by atoms with Gasteiger partial charge < -0.3 is 5.32 Å². The van der Waals surface area contributed by atoms with Crippen molar-refractivity contribution in [3.63, 3.8) is 0 Å². The van der Waals surface area contributed by atoms with E-state index in [1.54, 1.807) is 11.3 Å². The van der Waals surface area contributed by atoms with Crippen LogP contribution in [0, 0.1) is 0 Å². The predicted octanol–water partition coefficient (Wildman–Crippen LogP) is 2.13. The summed E-state index contributed by atoms with van der Waals surface area (Å²) in [6.45, 7) is 3.33. The van der Waals surface area contributed by atoms with Crippen LogP contribution in [0.4, 0.5) is 0 Å². The molecule has 84 valence electrons. The van der Waals surface area contributed by atoms with E-state index in [4.69, 9.17) is 0 Å². The van der Waals surface area contributed by atoms with Crippen molar-refractivity contribution in [3.8, 4) is 0 Å². The molecule has 1 aromatic rings. The first-order valence-corrected chi connectivity index (χ1v) is 6.54. The molecule has 0 atom stereocenters. The van der Waals surface area contributed by atoms with E-state index in [1.165, 1.54) is 35.7 Å². The van der Waals surface area contributed by atoms with Crippen molar-refractivity contribution in [1.29, 1.82) is 0 Å². The fraction of sp³-hybridized carbons (Fsp3) is 0.818. The Balaban J connectivity index is 2.05. The van der Waals surface area contributed by atoms with Crippen molar-refractivity contribution in [2.45, 2.75) is 44.4 Å². The van der Waals surface area contributed by atoms with Crippen LogP contribution >= 0.6 is 11.3 Å². The molecule has 0 radical (unpaired) electrons. The molecule has 1 heterocycles. The number of aromatic nitrogens is 2. The van der Waals surface area contributed by atoms with Gasteiger partial charge in [0.05, 0.1) is 0 Å². The van der Waals surface area contributed by atoms with Crippen molar-refractivity contribution in [1.82, 2.24) is 15.5 Å². The van der Waals surface area contributed by atoms with Crippen LogP contribution in [0.3, 0.4) is 0 Å². The number of likely N-dealkylation sites (N-methyl/N-ethyl adjacent to an activating group) is 1. The van der Waals surface area contributed by atoms with Gasteiger partial charge in [-0.25, -0.2) is 0 Å². The highest BCUT2D eigenvalue weighted by Gasteiger charge is 2.33. The topological polar surface area (TPSA) is 37.8 Å². The molecule has 1 fully saturated rings. The molecule has 1 N–H and O–H groups in total. The third-order valence-electron chi connectivity index (χ3n) is 3.28. The molecule has 0 unspecified atom stereocenters. The predicted molar refractivity (Wildman–Crippen MR) is 63.4 cm³/mol. The molecule has 0 amide bonds. The maximum atomic E-state index is 4.36. The first-order valence-electron chi connectivity index (χ1n) is 5.72. The number of hydrogen-bond acceptors (Lipinski definition) is 4. The summed E-state index contributed by atoms with van der Waals surface area (Å²) in [7, 11) is 1.97. The van der Waals surface area contributed by atoms with Crippen LogP contribution in [0.15, 0.2) is 0 Å². The summed E-state index contributed by atoms with van der Waals surface area (Å²) >= 11 is 1.81. The van der Waals surface area contributed by atoms with Crippen molar-refractivity contribution in [2.24, 2.45) is 0 Å². The maximum absolute atomic E-state index is 4.36. The van der Waals surface area contributed by atoms with Crippen molar-refractivity contribution in [3.05, 3.63) is 10.0 Å². The molecule has 0 aliphatic heterocycles. The largest absolute Gasteiger partial charge is 0.319 e. The molecule has 3 nitrogen and oxygen atoms in total. The molecule has 0 bridgehead atoms. The molecule has 1 aliphatic rings. The van der Waals surface area contributed by atoms with Crippen LogP contribution < -0.4 is 5.32 Å². The van der Waals surface area contributed by atoms with Gasteiger partial charge >= 0.3 is 0 Å². The Labute approximate surface area is 95.3 Å². The second-order valence-electron chi connectivity index (χ2n) is 4.62. The zero-order valence-electron chi connectivity index (χ0n) is 9.55. The van der Waals surface area contributed by atoms with Crippen LogP contribution in [-0.4, -0.2) is 23.8 Å². The summed E-state index contributed by atoms with van der Waals surface area (Å²) < 4.78 is 0. The van der Waals surface area contributed by atoms with Crippen molar-refractivity contribution in [2.75, 3.05) is 13.6 Å². The van der Waals surface area contributed by atoms with Gasteiger partial charge in [-0.05, 0) is 19.9 Å². The number of nitrogens with one attached hydrogen (secondary N) is 1. The lowest BCUT2D eigenvalue weighted by Crippen LogP contribution is -2.16. The molecule has 1 aromatic heterocycles. The first-order chi connectivity index (χ1) is 7.24. The quantitative estimate of drug-likeness (QED) is 0.853. The smallest absolute Gasteiger partial charge is 0.123 e. The third kappa shape index (κ3) is 2.37. The molecule has 1 aliphatic carbocycles. The Hall–Kier alpha value is -0.480. The second kappa shape index (κ2) is 4.58. The minimum absolute atomic E-state index is 0.329. The first kappa shape index (κ1) is 11.0. The number of rotatable bonds is 4. The molecule has 0 spiro atoms. The van der Waals surface area contributed by atoms with Gasteiger partial charge in [-0.15, -0.1) is 21.5 Å².